The van der Waals surface area contributed by atoms with E-state index < -0.39 is 0 Å². The van der Waals surface area contributed by atoms with Crippen molar-refractivity contribution in [3.8, 4) is 0 Å². The molecule has 1 heterocycles. The number of aryl methyl sites for hydroxylation is 1. The summed E-state index contributed by atoms with van der Waals surface area (Å²) < 4.78 is 5.29. The van der Waals surface area contributed by atoms with Gasteiger partial charge >= 0.3 is 0 Å². The summed E-state index contributed by atoms with van der Waals surface area (Å²) in [6, 6.07) is 9.06. The quantitative estimate of drug-likeness (QED) is 0.681. The monoisotopic (exact) mass is 387 g/mol. The highest BCUT2D eigenvalue weighted by molar-refractivity contribution is 7.15. The van der Waals surface area contributed by atoms with E-state index in [2.05, 4.69) is 15.6 Å². The molecule has 1 aliphatic rings. The number of anilines is 1. The van der Waals surface area contributed by atoms with Crippen LogP contribution in [0.2, 0.25) is 0 Å². The lowest BCUT2D eigenvalue weighted by Gasteiger charge is -2.20. The number of ether oxygens (including phenoxy) is 1. The van der Waals surface area contributed by atoms with E-state index in [4.69, 9.17) is 4.74 Å². The number of carbonyl (C=O) groups excluding carboxylic acids is 2. The first kappa shape index (κ1) is 19.5. The van der Waals surface area contributed by atoms with Crippen LogP contribution in [0.15, 0.2) is 30.3 Å². The SMILES string of the molecule is CCOCCCNC(=O)C1CCCc2sc(NC(=O)c3ccccc3)nc21. The van der Waals surface area contributed by atoms with Crippen molar-refractivity contribution < 1.29 is 14.3 Å². The zero-order valence-electron chi connectivity index (χ0n) is 15.5. The predicted molar refractivity (Wildman–Crippen MR) is 106 cm³/mol. The topological polar surface area (TPSA) is 80.3 Å². The molecule has 2 aromatic rings. The summed E-state index contributed by atoms with van der Waals surface area (Å²) in [4.78, 5) is 30.6. The summed E-state index contributed by atoms with van der Waals surface area (Å²) >= 11 is 1.47. The molecule has 1 aliphatic carbocycles. The van der Waals surface area contributed by atoms with Crippen molar-refractivity contribution in [2.75, 3.05) is 25.1 Å². The number of thiazole rings is 1. The standard InChI is InChI=1S/C20H25N3O3S/c1-2-26-13-7-12-21-19(25)15-10-6-11-16-17(15)22-20(27-16)23-18(24)14-8-4-3-5-9-14/h3-5,8-9,15H,2,6-7,10-13H2,1H3,(H,21,25)(H,22,23,24). The van der Waals surface area contributed by atoms with Gasteiger partial charge in [0.1, 0.15) is 0 Å². The highest BCUT2D eigenvalue weighted by Crippen LogP contribution is 2.36. The number of hydrogen-bond donors (Lipinski definition) is 2. The maximum absolute atomic E-state index is 12.6. The molecule has 0 radical (unpaired) electrons. The second-order valence-corrected chi connectivity index (χ2v) is 7.52. The number of hydrogen-bond acceptors (Lipinski definition) is 5. The first-order chi connectivity index (χ1) is 13.2. The molecule has 7 heteroatoms. The fourth-order valence-electron chi connectivity index (χ4n) is 3.14. The number of rotatable bonds is 8. The molecule has 0 spiro atoms. The van der Waals surface area contributed by atoms with E-state index in [1.807, 2.05) is 25.1 Å². The lowest BCUT2D eigenvalue weighted by Crippen LogP contribution is -2.32. The summed E-state index contributed by atoms with van der Waals surface area (Å²) in [6.07, 6.45) is 3.45. The Kier molecular flexibility index (Phi) is 6.95. The molecule has 6 nitrogen and oxygen atoms in total. The van der Waals surface area contributed by atoms with E-state index in [9.17, 15) is 9.59 Å². The third-order valence-electron chi connectivity index (χ3n) is 4.50. The van der Waals surface area contributed by atoms with Crippen LogP contribution in [-0.2, 0) is 16.0 Å². The van der Waals surface area contributed by atoms with Crippen LogP contribution in [0.4, 0.5) is 5.13 Å². The van der Waals surface area contributed by atoms with Gasteiger partial charge in [-0.2, -0.15) is 0 Å². The average Bonchev–Trinajstić information content (AvgIpc) is 3.10. The number of fused-ring (bicyclic) bond motifs is 1. The first-order valence-corrected chi connectivity index (χ1v) is 10.2. The van der Waals surface area contributed by atoms with Gasteiger partial charge in [0.15, 0.2) is 5.13 Å². The molecule has 0 fully saturated rings. The fraction of sp³-hybridized carbons (Fsp3) is 0.450. The van der Waals surface area contributed by atoms with Gasteiger partial charge in [-0.25, -0.2) is 4.98 Å². The van der Waals surface area contributed by atoms with Gasteiger partial charge < -0.3 is 10.1 Å². The number of aromatic nitrogens is 1. The third-order valence-corrected chi connectivity index (χ3v) is 5.54. The summed E-state index contributed by atoms with van der Waals surface area (Å²) in [5, 5.41) is 6.41. The van der Waals surface area contributed by atoms with E-state index in [1.54, 1.807) is 12.1 Å². The molecular weight excluding hydrogens is 362 g/mol. The zero-order valence-corrected chi connectivity index (χ0v) is 16.3. The maximum atomic E-state index is 12.6. The van der Waals surface area contributed by atoms with Crippen LogP contribution in [0.1, 0.15) is 53.0 Å². The minimum absolute atomic E-state index is 0.0127. The Morgan fingerprint density at radius 3 is 2.89 bits per heavy atom. The van der Waals surface area contributed by atoms with Crippen molar-refractivity contribution in [1.82, 2.24) is 10.3 Å². The first-order valence-electron chi connectivity index (χ1n) is 9.40. The maximum Gasteiger partial charge on any atom is 0.257 e. The Labute approximate surface area is 163 Å². The van der Waals surface area contributed by atoms with E-state index in [1.165, 1.54) is 11.3 Å². The zero-order chi connectivity index (χ0) is 19.1. The third kappa shape index (κ3) is 5.14. The van der Waals surface area contributed by atoms with Crippen LogP contribution in [0.3, 0.4) is 0 Å². The Morgan fingerprint density at radius 1 is 1.30 bits per heavy atom. The molecule has 1 unspecified atom stereocenters. The van der Waals surface area contributed by atoms with E-state index in [0.717, 1.165) is 36.3 Å². The molecule has 0 aliphatic heterocycles. The van der Waals surface area contributed by atoms with Crippen molar-refractivity contribution in [2.45, 2.75) is 38.5 Å². The van der Waals surface area contributed by atoms with Crippen LogP contribution >= 0.6 is 11.3 Å². The largest absolute Gasteiger partial charge is 0.382 e. The normalized spacial score (nSPS) is 15.8. The highest BCUT2D eigenvalue weighted by Gasteiger charge is 2.30. The molecule has 0 saturated heterocycles. The van der Waals surface area contributed by atoms with Crippen molar-refractivity contribution in [3.05, 3.63) is 46.5 Å². The fourth-order valence-corrected chi connectivity index (χ4v) is 4.20. The van der Waals surface area contributed by atoms with Gasteiger partial charge in [0.2, 0.25) is 5.91 Å². The number of nitrogens with zero attached hydrogens (tertiary/aromatic N) is 1. The van der Waals surface area contributed by atoms with Gasteiger partial charge in [-0.3, -0.25) is 14.9 Å². The molecule has 1 aromatic carbocycles. The molecular formula is C20H25N3O3S. The molecule has 3 rings (SSSR count). The van der Waals surface area contributed by atoms with Crippen molar-refractivity contribution in [1.29, 1.82) is 0 Å². The second kappa shape index (κ2) is 9.62. The number of amides is 2. The minimum Gasteiger partial charge on any atom is -0.382 e. The number of carbonyl (C=O) groups is 2. The van der Waals surface area contributed by atoms with Crippen LogP contribution in [0.25, 0.3) is 0 Å². The molecule has 0 bridgehead atoms. The van der Waals surface area contributed by atoms with Crippen molar-refractivity contribution in [3.63, 3.8) is 0 Å². The van der Waals surface area contributed by atoms with E-state index >= 15 is 0 Å². The van der Waals surface area contributed by atoms with Gasteiger partial charge in [-0.1, -0.05) is 18.2 Å². The molecule has 0 saturated carbocycles. The van der Waals surface area contributed by atoms with Crippen molar-refractivity contribution in [2.24, 2.45) is 0 Å². The van der Waals surface area contributed by atoms with Crippen LogP contribution in [0, 0.1) is 0 Å². The Hall–Kier alpha value is -2.25. The summed E-state index contributed by atoms with van der Waals surface area (Å²) in [7, 11) is 0. The Morgan fingerprint density at radius 2 is 2.11 bits per heavy atom. The Balaban J connectivity index is 1.62. The van der Waals surface area contributed by atoms with E-state index in [-0.39, 0.29) is 17.7 Å². The lowest BCUT2D eigenvalue weighted by atomic mass is 9.90. The number of benzene rings is 1. The van der Waals surface area contributed by atoms with E-state index in [0.29, 0.717) is 30.5 Å². The van der Waals surface area contributed by atoms with Gasteiger partial charge in [-0.15, -0.1) is 11.3 Å². The summed E-state index contributed by atoms with van der Waals surface area (Å²) in [6.45, 7) is 3.90. The molecule has 1 aromatic heterocycles. The average molecular weight is 388 g/mol. The lowest BCUT2D eigenvalue weighted by molar-refractivity contribution is -0.123. The molecule has 144 valence electrons. The van der Waals surface area contributed by atoms with Gasteiger partial charge in [0.25, 0.3) is 5.91 Å². The van der Waals surface area contributed by atoms with Crippen LogP contribution in [-0.4, -0.2) is 36.6 Å². The molecule has 1 atom stereocenters. The van der Waals surface area contributed by atoms with Crippen LogP contribution < -0.4 is 10.6 Å². The molecule has 27 heavy (non-hydrogen) atoms. The van der Waals surface area contributed by atoms with Crippen molar-refractivity contribution >= 4 is 28.3 Å². The predicted octanol–water partition coefficient (Wildman–Crippen LogP) is 3.36. The number of nitrogens with one attached hydrogen (secondary N) is 2. The van der Waals surface area contributed by atoms with Gasteiger partial charge in [0, 0.05) is 30.2 Å². The minimum atomic E-state index is -0.237. The van der Waals surface area contributed by atoms with Crippen LogP contribution in [0.5, 0.6) is 0 Å². The smallest absolute Gasteiger partial charge is 0.257 e. The molecule has 2 amide bonds. The van der Waals surface area contributed by atoms with Gasteiger partial charge in [-0.05, 0) is 44.7 Å². The molecule has 2 N–H and O–H groups in total. The Bertz CT molecular complexity index is 776. The second-order valence-electron chi connectivity index (χ2n) is 6.43. The summed E-state index contributed by atoms with van der Waals surface area (Å²) in [5.74, 6) is -0.406. The summed E-state index contributed by atoms with van der Waals surface area (Å²) in [5.41, 5.74) is 1.41. The highest BCUT2D eigenvalue weighted by atomic mass is 32.1. The van der Waals surface area contributed by atoms with Gasteiger partial charge in [0.05, 0.1) is 11.6 Å².